The highest BCUT2D eigenvalue weighted by Gasteiger charge is 2.12. The van der Waals surface area contributed by atoms with E-state index in [2.05, 4.69) is 36.1 Å². The Morgan fingerprint density at radius 1 is 1.40 bits per heavy atom. The van der Waals surface area contributed by atoms with E-state index >= 15 is 0 Å². The van der Waals surface area contributed by atoms with Gasteiger partial charge in [0.15, 0.2) is 5.82 Å². The van der Waals surface area contributed by atoms with Gasteiger partial charge in [-0.1, -0.05) is 0 Å². The van der Waals surface area contributed by atoms with Gasteiger partial charge in [0.1, 0.15) is 10.3 Å². The lowest BCUT2D eigenvalue weighted by Gasteiger charge is -2.08. The normalized spacial score (nSPS) is 12.7. The molecule has 0 aliphatic rings. The predicted octanol–water partition coefficient (Wildman–Crippen LogP) is 0.839. The van der Waals surface area contributed by atoms with Gasteiger partial charge in [0.25, 0.3) is 0 Å². The Morgan fingerprint density at radius 3 is 2.73 bits per heavy atom. The fourth-order valence-corrected chi connectivity index (χ4v) is 1.41. The molecule has 1 atom stereocenters. The average Bonchev–Trinajstić information content (AvgIpc) is 2.65. The molecule has 0 aliphatic heterocycles. The van der Waals surface area contributed by atoms with Crippen LogP contribution in [0.15, 0.2) is 23.2 Å². The summed E-state index contributed by atoms with van der Waals surface area (Å²) in [7, 11) is 0. The molecule has 15 heavy (non-hydrogen) atoms. The maximum absolute atomic E-state index is 5.78. The van der Waals surface area contributed by atoms with Gasteiger partial charge >= 0.3 is 0 Å². The standard InChI is InChI=1S/C8H9BrN6/c1-5(10)7-8(12-3-2-11-7)15-13-4-6(9)14-15/h2-5H,10H2,1H3. The zero-order chi connectivity index (χ0) is 10.8. The first kappa shape index (κ1) is 10.2. The fourth-order valence-electron chi connectivity index (χ4n) is 1.16. The van der Waals surface area contributed by atoms with Crippen molar-refractivity contribution >= 4 is 15.9 Å². The number of hydrogen-bond acceptors (Lipinski definition) is 5. The summed E-state index contributed by atoms with van der Waals surface area (Å²) in [6, 6.07) is -0.210. The van der Waals surface area contributed by atoms with Crippen LogP contribution in [0, 0.1) is 0 Å². The Hall–Kier alpha value is -1.34. The van der Waals surface area contributed by atoms with Gasteiger partial charge in [-0.2, -0.15) is 5.10 Å². The largest absolute Gasteiger partial charge is 0.323 e. The van der Waals surface area contributed by atoms with Crippen LogP contribution < -0.4 is 5.73 Å². The minimum atomic E-state index is -0.210. The van der Waals surface area contributed by atoms with Gasteiger partial charge in [0.2, 0.25) is 0 Å². The second-order valence-electron chi connectivity index (χ2n) is 3.01. The van der Waals surface area contributed by atoms with Crippen LogP contribution in [0.4, 0.5) is 0 Å². The van der Waals surface area contributed by atoms with Crippen LogP contribution in [0.3, 0.4) is 0 Å². The van der Waals surface area contributed by atoms with Gasteiger partial charge in [0.05, 0.1) is 6.20 Å². The minimum Gasteiger partial charge on any atom is -0.323 e. The molecular weight excluding hydrogens is 260 g/mol. The quantitative estimate of drug-likeness (QED) is 0.873. The number of hydrogen-bond donors (Lipinski definition) is 1. The molecule has 2 rings (SSSR count). The zero-order valence-electron chi connectivity index (χ0n) is 8.00. The third kappa shape index (κ3) is 2.02. The number of halogens is 1. The van der Waals surface area contributed by atoms with Gasteiger partial charge in [-0.05, 0) is 22.9 Å². The molecule has 0 saturated heterocycles. The first-order chi connectivity index (χ1) is 7.18. The molecule has 2 aromatic rings. The maximum atomic E-state index is 5.78. The van der Waals surface area contributed by atoms with E-state index in [0.717, 1.165) is 0 Å². The van der Waals surface area contributed by atoms with Gasteiger partial charge in [-0.3, -0.25) is 4.98 Å². The first-order valence-electron chi connectivity index (χ1n) is 4.33. The van der Waals surface area contributed by atoms with Crippen LogP contribution in [0.25, 0.3) is 5.82 Å². The van der Waals surface area contributed by atoms with E-state index in [4.69, 9.17) is 5.73 Å². The first-order valence-corrected chi connectivity index (χ1v) is 5.12. The molecule has 0 aromatic carbocycles. The van der Waals surface area contributed by atoms with Crippen molar-refractivity contribution in [1.29, 1.82) is 0 Å². The van der Waals surface area contributed by atoms with Crippen LogP contribution in [-0.4, -0.2) is 25.0 Å². The monoisotopic (exact) mass is 268 g/mol. The number of rotatable bonds is 2. The van der Waals surface area contributed by atoms with E-state index in [-0.39, 0.29) is 6.04 Å². The molecule has 0 saturated carbocycles. The maximum Gasteiger partial charge on any atom is 0.197 e. The second-order valence-corrected chi connectivity index (χ2v) is 3.82. The molecule has 0 fully saturated rings. The predicted molar refractivity (Wildman–Crippen MR) is 57.3 cm³/mol. The van der Waals surface area contributed by atoms with Crippen molar-refractivity contribution in [3.63, 3.8) is 0 Å². The van der Waals surface area contributed by atoms with E-state index in [1.54, 1.807) is 18.6 Å². The van der Waals surface area contributed by atoms with E-state index in [9.17, 15) is 0 Å². The number of nitrogens with two attached hydrogens (primary N) is 1. The summed E-state index contributed by atoms with van der Waals surface area (Å²) < 4.78 is 0.642. The van der Waals surface area contributed by atoms with E-state index in [1.807, 2.05) is 6.92 Å². The molecule has 2 heterocycles. The highest BCUT2D eigenvalue weighted by Crippen LogP contribution is 2.14. The molecule has 6 nitrogen and oxygen atoms in total. The summed E-state index contributed by atoms with van der Waals surface area (Å²) in [6.45, 7) is 1.84. The van der Waals surface area contributed by atoms with Crippen molar-refractivity contribution in [2.24, 2.45) is 5.73 Å². The topological polar surface area (TPSA) is 82.5 Å². The summed E-state index contributed by atoms with van der Waals surface area (Å²) in [6.07, 6.45) is 4.76. The molecule has 0 spiro atoms. The summed E-state index contributed by atoms with van der Waals surface area (Å²) in [5.74, 6) is 0.554. The minimum absolute atomic E-state index is 0.210. The lowest BCUT2D eigenvalue weighted by Crippen LogP contribution is -2.14. The van der Waals surface area contributed by atoms with Gasteiger partial charge in [-0.25, -0.2) is 4.98 Å². The van der Waals surface area contributed by atoms with Crippen molar-refractivity contribution in [2.45, 2.75) is 13.0 Å². The van der Waals surface area contributed by atoms with E-state index in [0.29, 0.717) is 16.1 Å². The van der Waals surface area contributed by atoms with Gasteiger partial charge in [0, 0.05) is 18.4 Å². The Labute approximate surface area is 94.7 Å². The average molecular weight is 269 g/mol. The van der Waals surface area contributed by atoms with Crippen molar-refractivity contribution in [2.75, 3.05) is 0 Å². The van der Waals surface area contributed by atoms with Gasteiger partial charge < -0.3 is 5.73 Å². The highest BCUT2D eigenvalue weighted by molar-refractivity contribution is 9.10. The lowest BCUT2D eigenvalue weighted by atomic mass is 10.2. The van der Waals surface area contributed by atoms with Crippen LogP contribution in [-0.2, 0) is 0 Å². The Kier molecular flexibility index (Phi) is 2.74. The van der Waals surface area contributed by atoms with Gasteiger partial charge in [-0.15, -0.1) is 9.90 Å². The fraction of sp³-hybridized carbons (Fsp3) is 0.250. The summed E-state index contributed by atoms with van der Waals surface area (Å²) in [5.41, 5.74) is 6.44. The van der Waals surface area contributed by atoms with Crippen LogP contribution in [0.1, 0.15) is 18.7 Å². The molecule has 0 amide bonds. The molecule has 2 N–H and O–H groups in total. The highest BCUT2D eigenvalue weighted by atomic mass is 79.9. The van der Waals surface area contributed by atoms with E-state index < -0.39 is 0 Å². The molecule has 0 radical (unpaired) electrons. The SMILES string of the molecule is CC(N)c1nccnc1-n1ncc(Br)n1. The van der Waals surface area contributed by atoms with Crippen molar-refractivity contribution in [1.82, 2.24) is 25.0 Å². The Bertz CT molecular complexity index is 466. The van der Waals surface area contributed by atoms with Crippen molar-refractivity contribution in [3.8, 4) is 5.82 Å². The van der Waals surface area contributed by atoms with Crippen LogP contribution in [0.5, 0.6) is 0 Å². The molecule has 0 aliphatic carbocycles. The number of aromatic nitrogens is 5. The molecule has 0 bridgehead atoms. The van der Waals surface area contributed by atoms with Crippen molar-refractivity contribution < 1.29 is 0 Å². The van der Waals surface area contributed by atoms with Crippen LogP contribution >= 0.6 is 15.9 Å². The third-order valence-corrected chi connectivity index (χ3v) is 2.15. The Morgan fingerprint density at radius 2 is 2.13 bits per heavy atom. The lowest BCUT2D eigenvalue weighted by molar-refractivity contribution is 0.676. The summed E-state index contributed by atoms with van der Waals surface area (Å²) in [4.78, 5) is 9.72. The smallest absolute Gasteiger partial charge is 0.197 e. The van der Waals surface area contributed by atoms with E-state index in [1.165, 1.54) is 4.80 Å². The van der Waals surface area contributed by atoms with Crippen LogP contribution in [0.2, 0.25) is 0 Å². The molecule has 2 aromatic heterocycles. The van der Waals surface area contributed by atoms with Crippen molar-refractivity contribution in [3.05, 3.63) is 28.9 Å². The summed E-state index contributed by atoms with van der Waals surface area (Å²) >= 11 is 3.22. The second kappa shape index (κ2) is 4.03. The number of nitrogens with zero attached hydrogens (tertiary/aromatic N) is 5. The zero-order valence-corrected chi connectivity index (χ0v) is 9.59. The third-order valence-electron chi connectivity index (χ3n) is 1.79. The molecule has 7 heteroatoms. The summed E-state index contributed by atoms with van der Waals surface area (Å²) in [5, 5.41) is 8.12. The molecule has 78 valence electrons. The Balaban J connectivity index is 2.52. The molecule has 1 unspecified atom stereocenters. The molecular formula is C8H9BrN6.